The fraction of sp³-hybridized carbons (Fsp3) is 1.00. The number of rotatable bonds is 18. The molecule has 0 fully saturated rings. The summed E-state index contributed by atoms with van der Waals surface area (Å²) in [5.74, 6) is -76.4. The smallest absolute Gasteiger partial charge is 0.396 e. The van der Waals surface area contributed by atoms with Crippen LogP contribution in [0.2, 0.25) is 0 Å². The Morgan fingerprint density at radius 3 is 0.810 bits per heavy atom. The summed E-state index contributed by atoms with van der Waals surface area (Å²) in [6.07, 6.45) is -10.4. The van der Waals surface area contributed by atoms with Gasteiger partial charge >= 0.3 is 59.5 Å². The standard InChI is InChI=1S/C20H21F21O/c21-11(22,9-7-5-3-1-2-4-6-8-10-42)12(23,24)13(25,26)14(27,28)15(29,30)16(31,32)17(33,34)18(35,36)19(37,38)20(39,40)41/h42H,1-10H2. The summed E-state index contributed by atoms with van der Waals surface area (Å²) in [5.41, 5.74) is 0. The molecule has 0 heterocycles. The highest BCUT2D eigenvalue weighted by Gasteiger charge is 2.97. The molecule has 0 aromatic heterocycles. The van der Waals surface area contributed by atoms with Crippen molar-refractivity contribution in [1.29, 1.82) is 0 Å². The predicted octanol–water partition coefficient (Wildman–Crippen LogP) is 9.77. The molecule has 0 bridgehead atoms. The van der Waals surface area contributed by atoms with Crippen LogP contribution in [0.1, 0.15) is 57.8 Å². The van der Waals surface area contributed by atoms with Crippen molar-refractivity contribution in [2.24, 2.45) is 0 Å². The van der Waals surface area contributed by atoms with Crippen LogP contribution in [0.4, 0.5) is 92.2 Å². The Morgan fingerprint density at radius 2 is 0.524 bits per heavy atom. The first kappa shape index (κ1) is 40.5. The molecule has 0 aromatic carbocycles. The fourth-order valence-electron chi connectivity index (χ4n) is 3.27. The van der Waals surface area contributed by atoms with Crippen molar-refractivity contribution in [2.75, 3.05) is 6.61 Å². The third-order valence-electron chi connectivity index (χ3n) is 5.97. The van der Waals surface area contributed by atoms with E-state index in [0.29, 0.717) is 25.7 Å². The fourth-order valence-corrected chi connectivity index (χ4v) is 3.27. The number of alkyl halides is 21. The minimum Gasteiger partial charge on any atom is -0.396 e. The summed E-state index contributed by atoms with van der Waals surface area (Å²) in [6, 6.07) is 0. The van der Waals surface area contributed by atoms with Crippen LogP contribution in [0.25, 0.3) is 0 Å². The Hall–Kier alpha value is -1.51. The van der Waals surface area contributed by atoms with Gasteiger partial charge in [-0.15, -0.1) is 0 Å². The van der Waals surface area contributed by atoms with E-state index >= 15 is 0 Å². The molecule has 42 heavy (non-hydrogen) atoms. The molecule has 0 saturated heterocycles. The second-order valence-corrected chi connectivity index (χ2v) is 9.10. The molecule has 0 aliphatic carbocycles. The lowest BCUT2D eigenvalue weighted by molar-refractivity contribution is -0.474. The van der Waals surface area contributed by atoms with Crippen molar-refractivity contribution in [1.82, 2.24) is 0 Å². The van der Waals surface area contributed by atoms with Gasteiger partial charge in [0.25, 0.3) is 0 Å². The molecule has 0 aromatic rings. The van der Waals surface area contributed by atoms with Crippen LogP contribution in [-0.2, 0) is 0 Å². The maximum absolute atomic E-state index is 13.8. The topological polar surface area (TPSA) is 20.2 Å². The predicted molar refractivity (Wildman–Crippen MR) is 99.2 cm³/mol. The molecule has 0 saturated carbocycles. The summed E-state index contributed by atoms with van der Waals surface area (Å²) in [6.45, 7) is -0.153. The molecule has 0 rings (SSSR count). The number of aliphatic hydroxyl groups is 1. The van der Waals surface area contributed by atoms with Gasteiger partial charge in [-0.05, 0) is 12.8 Å². The van der Waals surface area contributed by atoms with Crippen LogP contribution < -0.4 is 0 Å². The molecule has 1 N–H and O–H groups in total. The second-order valence-electron chi connectivity index (χ2n) is 9.10. The summed E-state index contributed by atoms with van der Waals surface area (Å²) < 4.78 is 280. The van der Waals surface area contributed by atoms with Gasteiger partial charge in [-0.1, -0.05) is 38.5 Å². The third-order valence-corrected chi connectivity index (χ3v) is 5.97. The van der Waals surface area contributed by atoms with Crippen LogP contribution in [0.3, 0.4) is 0 Å². The van der Waals surface area contributed by atoms with Gasteiger partial charge < -0.3 is 5.11 Å². The molecule has 0 amide bonds. The van der Waals surface area contributed by atoms with E-state index in [-0.39, 0.29) is 19.4 Å². The molecule has 0 aliphatic rings. The number of hydrogen-bond donors (Lipinski definition) is 1. The van der Waals surface area contributed by atoms with Crippen molar-refractivity contribution < 1.29 is 97.3 Å². The molecule has 22 heteroatoms. The van der Waals surface area contributed by atoms with Crippen molar-refractivity contribution in [3.05, 3.63) is 0 Å². The number of aliphatic hydroxyl groups excluding tert-OH is 1. The molecule has 0 radical (unpaired) electrons. The highest BCUT2D eigenvalue weighted by atomic mass is 19.4. The normalized spacial score (nSPS) is 15.9. The summed E-state index contributed by atoms with van der Waals surface area (Å²) in [4.78, 5) is 0. The number of halogens is 21. The minimum atomic E-state index is -9.15. The van der Waals surface area contributed by atoms with Gasteiger partial charge in [-0.3, -0.25) is 0 Å². The Balaban J connectivity index is 6.21. The highest BCUT2D eigenvalue weighted by Crippen LogP contribution is 2.66. The van der Waals surface area contributed by atoms with Gasteiger partial charge in [0.05, 0.1) is 0 Å². The molecule has 0 unspecified atom stereocenters. The van der Waals surface area contributed by atoms with E-state index in [9.17, 15) is 92.2 Å². The zero-order chi connectivity index (χ0) is 34.1. The van der Waals surface area contributed by atoms with Gasteiger partial charge in [0, 0.05) is 13.0 Å². The van der Waals surface area contributed by atoms with Crippen molar-refractivity contribution >= 4 is 0 Å². The van der Waals surface area contributed by atoms with E-state index in [0.717, 1.165) is 0 Å². The first-order valence-corrected chi connectivity index (χ1v) is 11.4. The lowest BCUT2D eigenvalue weighted by atomic mass is 9.85. The van der Waals surface area contributed by atoms with Gasteiger partial charge in [-0.2, -0.15) is 92.2 Å². The molecule has 0 aliphatic heterocycles. The minimum absolute atomic E-state index is 0.0799. The Morgan fingerprint density at radius 1 is 0.286 bits per heavy atom. The second kappa shape index (κ2) is 12.5. The number of hydrogen-bond acceptors (Lipinski definition) is 1. The largest absolute Gasteiger partial charge is 0.460 e. The summed E-state index contributed by atoms with van der Waals surface area (Å²) >= 11 is 0. The third kappa shape index (κ3) is 6.46. The molecule has 1 nitrogen and oxygen atoms in total. The van der Waals surface area contributed by atoms with Gasteiger partial charge in [-0.25, -0.2) is 0 Å². The van der Waals surface area contributed by atoms with E-state index < -0.39 is 78.7 Å². The Labute approximate surface area is 222 Å². The first-order valence-electron chi connectivity index (χ1n) is 11.4. The summed E-state index contributed by atoms with van der Waals surface area (Å²) in [7, 11) is 0. The van der Waals surface area contributed by atoms with E-state index in [1.807, 2.05) is 0 Å². The maximum atomic E-state index is 13.8. The average Bonchev–Trinajstić information content (AvgIpc) is 2.81. The molecule has 254 valence electrons. The molecule has 0 atom stereocenters. The highest BCUT2D eigenvalue weighted by molar-refractivity contribution is 5.17. The first-order chi connectivity index (χ1) is 18.3. The molecular formula is C20H21F21O. The Bertz CT molecular complexity index is 860. The van der Waals surface area contributed by atoms with Crippen molar-refractivity contribution in [3.8, 4) is 0 Å². The van der Waals surface area contributed by atoms with Crippen LogP contribution in [0, 0.1) is 0 Å². The van der Waals surface area contributed by atoms with E-state index in [1.54, 1.807) is 0 Å². The lowest BCUT2D eigenvalue weighted by Crippen LogP contribution is -2.76. The summed E-state index contributed by atoms with van der Waals surface area (Å²) in [5, 5.41) is 8.56. The quantitative estimate of drug-likeness (QED) is 0.113. The Kier molecular flexibility index (Phi) is 12.0. The van der Waals surface area contributed by atoms with Crippen LogP contribution in [0.15, 0.2) is 0 Å². The molecular weight excluding hydrogens is 655 g/mol. The monoisotopic (exact) mass is 676 g/mol. The van der Waals surface area contributed by atoms with Gasteiger partial charge in [0.15, 0.2) is 0 Å². The maximum Gasteiger partial charge on any atom is 0.460 e. The van der Waals surface area contributed by atoms with E-state index in [1.165, 1.54) is 0 Å². The van der Waals surface area contributed by atoms with Gasteiger partial charge in [0.1, 0.15) is 0 Å². The van der Waals surface area contributed by atoms with Crippen LogP contribution in [0.5, 0.6) is 0 Å². The SMILES string of the molecule is OCCCCCCCCCCC(F)(F)C(F)(F)C(F)(F)C(F)(F)C(F)(F)C(F)(F)C(F)(F)C(F)(F)C(F)(F)C(F)(F)F. The zero-order valence-electron chi connectivity index (χ0n) is 20.5. The van der Waals surface area contributed by atoms with Crippen molar-refractivity contribution in [2.45, 2.75) is 117 Å². The van der Waals surface area contributed by atoms with E-state index in [4.69, 9.17) is 5.11 Å². The molecule has 0 spiro atoms. The number of unbranched alkanes of at least 4 members (excludes halogenated alkanes) is 7. The average molecular weight is 676 g/mol. The van der Waals surface area contributed by atoms with E-state index in [2.05, 4.69) is 0 Å². The van der Waals surface area contributed by atoms with Gasteiger partial charge in [0.2, 0.25) is 0 Å². The van der Waals surface area contributed by atoms with Crippen molar-refractivity contribution in [3.63, 3.8) is 0 Å². The van der Waals surface area contributed by atoms with Crippen LogP contribution in [-0.4, -0.2) is 71.2 Å². The van der Waals surface area contributed by atoms with Crippen LogP contribution >= 0.6 is 0 Å². The lowest BCUT2D eigenvalue weighted by Gasteiger charge is -2.44. The zero-order valence-corrected chi connectivity index (χ0v) is 20.5.